The smallest absolute Gasteiger partial charge is 0.395 e. The van der Waals surface area contributed by atoms with E-state index in [1.165, 1.54) is 5.06 Å². The highest BCUT2D eigenvalue weighted by Gasteiger charge is 2.48. The standard InChI is InChI=1S/C21H28NO5P/c1-20(2)15-19(16-21(3,4)22(20)23)27-28(24,25-17-11-7-5-8-12-17)26-18-13-9-6-10-14-18/h5-14,19,23H,15-16H2,1-4H3. The van der Waals surface area contributed by atoms with Gasteiger partial charge < -0.3 is 14.3 Å². The highest BCUT2D eigenvalue weighted by atomic mass is 31.2. The largest absolute Gasteiger partial charge is 0.587 e. The van der Waals surface area contributed by atoms with Crippen LogP contribution in [0, 0.1) is 0 Å². The number of hydrogen-bond acceptors (Lipinski definition) is 6. The molecule has 0 aliphatic carbocycles. The van der Waals surface area contributed by atoms with Crippen molar-refractivity contribution in [1.82, 2.24) is 5.06 Å². The fraction of sp³-hybridized carbons (Fsp3) is 0.429. The maximum Gasteiger partial charge on any atom is 0.587 e. The lowest BCUT2D eigenvalue weighted by Crippen LogP contribution is -2.60. The maximum absolute atomic E-state index is 13.6. The quantitative estimate of drug-likeness (QED) is 0.624. The lowest BCUT2D eigenvalue weighted by Gasteiger charge is -2.51. The van der Waals surface area contributed by atoms with E-state index >= 15 is 0 Å². The topological polar surface area (TPSA) is 68.2 Å². The summed E-state index contributed by atoms with van der Waals surface area (Å²) in [6.45, 7) is 7.69. The highest BCUT2D eigenvalue weighted by Crippen LogP contribution is 2.53. The van der Waals surface area contributed by atoms with Gasteiger partial charge in [0.25, 0.3) is 0 Å². The van der Waals surface area contributed by atoms with Crippen molar-refractivity contribution in [3.8, 4) is 11.5 Å². The zero-order chi connectivity index (χ0) is 20.4. The molecule has 152 valence electrons. The Kier molecular flexibility index (Phi) is 5.87. The van der Waals surface area contributed by atoms with Crippen molar-refractivity contribution >= 4 is 7.82 Å². The molecule has 3 rings (SSSR count). The maximum atomic E-state index is 13.6. The first-order chi connectivity index (χ1) is 13.1. The van der Waals surface area contributed by atoms with Gasteiger partial charge in [-0.25, -0.2) is 4.57 Å². The number of para-hydroxylation sites is 2. The lowest BCUT2D eigenvalue weighted by atomic mass is 9.80. The third-order valence-electron chi connectivity index (χ3n) is 4.80. The molecule has 1 heterocycles. The first-order valence-electron chi connectivity index (χ1n) is 9.37. The fourth-order valence-corrected chi connectivity index (χ4v) is 5.12. The molecule has 2 aromatic rings. The van der Waals surface area contributed by atoms with E-state index in [9.17, 15) is 9.77 Å². The Morgan fingerprint density at radius 3 is 1.64 bits per heavy atom. The predicted molar refractivity (Wildman–Crippen MR) is 108 cm³/mol. The number of rotatable bonds is 6. The van der Waals surface area contributed by atoms with Crippen molar-refractivity contribution in [2.75, 3.05) is 0 Å². The Labute approximate surface area is 166 Å². The third kappa shape index (κ3) is 4.95. The monoisotopic (exact) mass is 405 g/mol. The summed E-state index contributed by atoms with van der Waals surface area (Å²) < 4.78 is 31.0. The van der Waals surface area contributed by atoms with E-state index in [-0.39, 0.29) is 0 Å². The van der Waals surface area contributed by atoms with Gasteiger partial charge in [-0.15, -0.1) is 0 Å². The van der Waals surface area contributed by atoms with E-state index < -0.39 is 25.0 Å². The van der Waals surface area contributed by atoms with Crippen LogP contribution in [-0.4, -0.2) is 27.5 Å². The summed E-state index contributed by atoms with van der Waals surface area (Å²) in [5.74, 6) is 0.805. The molecular formula is C21H28NO5P. The summed E-state index contributed by atoms with van der Waals surface area (Å²) in [5.41, 5.74) is -1.09. The minimum atomic E-state index is -3.96. The molecule has 0 unspecified atom stereocenters. The van der Waals surface area contributed by atoms with Gasteiger partial charge in [0.2, 0.25) is 0 Å². The molecule has 6 nitrogen and oxygen atoms in total. The fourth-order valence-electron chi connectivity index (χ4n) is 3.72. The minimum absolute atomic E-state index is 0.403. The molecule has 1 fully saturated rings. The molecular weight excluding hydrogens is 377 g/mol. The van der Waals surface area contributed by atoms with Gasteiger partial charge in [0.15, 0.2) is 0 Å². The van der Waals surface area contributed by atoms with Gasteiger partial charge in [-0.1, -0.05) is 36.4 Å². The van der Waals surface area contributed by atoms with Crippen molar-refractivity contribution in [3.63, 3.8) is 0 Å². The number of hydroxylamine groups is 2. The van der Waals surface area contributed by atoms with Gasteiger partial charge in [0, 0.05) is 11.1 Å². The van der Waals surface area contributed by atoms with E-state index in [4.69, 9.17) is 13.6 Å². The molecule has 0 spiro atoms. The SMILES string of the molecule is CC1(C)CC(OP(=O)(Oc2ccccc2)Oc2ccccc2)CC(C)(C)N1O. The summed E-state index contributed by atoms with van der Waals surface area (Å²) >= 11 is 0. The Morgan fingerprint density at radius 1 is 0.857 bits per heavy atom. The second-order valence-electron chi connectivity index (χ2n) is 8.33. The number of nitrogens with zero attached hydrogens (tertiary/aromatic N) is 1. The van der Waals surface area contributed by atoms with Crippen LogP contribution in [0.2, 0.25) is 0 Å². The predicted octanol–water partition coefficient (Wildman–Crippen LogP) is 5.68. The zero-order valence-corrected chi connectivity index (χ0v) is 17.6. The molecule has 1 aliphatic heterocycles. The third-order valence-corrected chi connectivity index (χ3v) is 6.23. The number of benzene rings is 2. The van der Waals surface area contributed by atoms with E-state index in [1.807, 2.05) is 39.8 Å². The van der Waals surface area contributed by atoms with Crippen LogP contribution in [0.15, 0.2) is 60.7 Å². The van der Waals surface area contributed by atoms with Crippen LogP contribution in [0.3, 0.4) is 0 Å². The Hall–Kier alpha value is -1.85. The molecule has 0 atom stereocenters. The van der Waals surface area contributed by atoms with E-state index in [1.54, 1.807) is 48.5 Å². The van der Waals surface area contributed by atoms with Gasteiger partial charge in [0.05, 0.1) is 6.10 Å². The highest BCUT2D eigenvalue weighted by molar-refractivity contribution is 7.49. The van der Waals surface area contributed by atoms with E-state index in [0.29, 0.717) is 24.3 Å². The molecule has 1 aliphatic rings. The lowest BCUT2D eigenvalue weighted by molar-refractivity contribution is -0.255. The Balaban J connectivity index is 1.85. The summed E-state index contributed by atoms with van der Waals surface area (Å²) in [6, 6.07) is 17.7. The molecule has 2 aromatic carbocycles. The molecule has 0 radical (unpaired) electrons. The van der Waals surface area contributed by atoms with Crippen LogP contribution in [-0.2, 0) is 9.09 Å². The van der Waals surface area contributed by atoms with E-state index in [0.717, 1.165) is 0 Å². The van der Waals surface area contributed by atoms with Crippen LogP contribution < -0.4 is 9.05 Å². The van der Waals surface area contributed by atoms with Gasteiger partial charge in [-0.05, 0) is 64.8 Å². The van der Waals surface area contributed by atoms with Gasteiger partial charge in [0.1, 0.15) is 11.5 Å². The van der Waals surface area contributed by atoms with Crippen LogP contribution in [0.1, 0.15) is 40.5 Å². The number of hydrogen-bond donors (Lipinski definition) is 1. The van der Waals surface area contributed by atoms with Crippen LogP contribution in [0.5, 0.6) is 11.5 Å². The number of piperidine rings is 1. The minimum Gasteiger partial charge on any atom is -0.395 e. The van der Waals surface area contributed by atoms with E-state index in [2.05, 4.69) is 0 Å². The molecule has 0 saturated carbocycles. The molecule has 1 saturated heterocycles. The molecule has 28 heavy (non-hydrogen) atoms. The average molecular weight is 405 g/mol. The number of phosphoric ester groups is 1. The summed E-state index contributed by atoms with van der Waals surface area (Å²) in [5, 5.41) is 11.8. The summed E-state index contributed by atoms with van der Waals surface area (Å²) in [7, 11) is -3.96. The Morgan fingerprint density at radius 2 is 1.25 bits per heavy atom. The van der Waals surface area contributed by atoms with Crippen LogP contribution in [0.25, 0.3) is 0 Å². The van der Waals surface area contributed by atoms with Crippen molar-refractivity contribution in [1.29, 1.82) is 0 Å². The van der Waals surface area contributed by atoms with Crippen molar-refractivity contribution < 1.29 is 23.3 Å². The van der Waals surface area contributed by atoms with Gasteiger partial charge >= 0.3 is 7.82 Å². The second kappa shape index (κ2) is 7.88. The Bertz CT molecular complexity index is 762. The summed E-state index contributed by atoms with van der Waals surface area (Å²) in [6.07, 6.45) is 0.548. The first-order valence-corrected chi connectivity index (χ1v) is 10.8. The first kappa shape index (κ1) is 20.9. The molecule has 1 N–H and O–H groups in total. The van der Waals surface area contributed by atoms with Crippen LogP contribution in [0.4, 0.5) is 0 Å². The van der Waals surface area contributed by atoms with Gasteiger partial charge in [-0.2, -0.15) is 5.06 Å². The molecule has 0 amide bonds. The van der Waals surface area contributed by atoms with Crippen molar-refractivity contribution in [2.45, 2.75) is 57.7 Å². The van der Waals surface area contributed by atoms with Gasteiger partial charge in [-0.3, -0.25) is 4.52 Å². The number of phosphoric acid groups is 1. The molecule has 0 bridgehead atoms. The zero-order valence-electron chi connectivity index (χ0n) is 16.7. The summed E-state index contributed by atoms with van der Waals surface area (Å²) in [4.78, 5) is 0. The average Bonchev–Trinajstić information content (AvgIpc) is 2.60. The molecule has 0 aromatic heterocycles. The van der Waals surface area contributed by atoms with Crippen molar-refractivity contribution in [3.05, 3.63) is 60.7 Å². The normalized spacial score (nSPS) is 19.9. The van der Waals surface area contributed by atoms with Crippen LogP contribution >= 0.6 is 7.82 Å². The van der Waals surface area contributed by atoms with Crippen molar-refractivity contribution in [2.24, 2.45) is 0 Å². The second-order valence-corrected chi connectivity index (χ2v) is 9.80. The molecule has 7 heteroatoms.